The standard InChI is InChI=1S/C16H24N2O2/c1-11-9-13(12(2)17)7-8-15(11)20-10-16(19)18-14-5-3-4-6-14/h7-9,12,14H,3-6,10,17H2,1-2H3,(H,18,19)/t12-/m0/s1. The van der Waals surface area contributed by atoms with Crippen molar-refractivity contribution in [2.45, 2.75) is 51.6 Å². The summed E-state index contributed by atoms with van der Waals surface area (Å²) in [6.45, 7) is 4.00. The zero-order valence-corrected chi connectivity index (χ0v) is 12.3. The first-order valence-electron chi connectivity index (χ1n) is 7.34. The lowest BCUT2D eigenvalue weighted by atomic mass is 10.1. The summed E-state index contributed by atoms with van der Waals surface area (Å²) in [5.41, 5.74) is 7.92. The Kier molecular flexibility index (Phi) is 5.01. The van der Waals surface area contributed by atoms with Crippen molar-refractivity contribution in [3.63, 3.8) is 0 Å². The summed E-state index contributed by atoms with van der Waals surface area (Å²) in [7, 11) is 0. The number of carbonyl (C=O) groups is 1. The summed E-state index contributed by atoms with van der Waals surface area (Å²) in [4.78, 5) is 11.8. The molecule has 110 valence electrons. The number of aryl methyl sites for hydroxylation is 1. The van der Waals surface area contributed by atoms with Gasteiger partial charge in [-0.2, -0.15) is 0 Å². The number of carbonyl (C=O) groups excluding carboxylic acids is 1. The lowest BCUT2D eigenvalue weighted by Gasteiger charge is -2.14. The molecular weight excluding hydrogens is 252 g/mol. The smallest absolute Gasteiger partial charge is 0.258 e. The molecule has 1 atom stereocenters. The van der Waals surface area contributed by atoms with Gasteiger partial charge in [0.05, 0.1) is 0 Å². The van der Waals surface area contributed by atoms with E-state index >= 15 is 0 Å². The molecule has 0 radical (unpaired) electrons. The van der Waals surface area contributed by atoms with Crippen LogP contribution >= 0.6 is 0 Å². The molecule has 1 aromatic carbocycles. The molecule has 1 aromatic rings. The van der Waals surface area contributed by atoms with Gasteiger partial charge in [-0.3, -0.25) is 4.79 Å². The van der Waals surface area contributed by atoms with Crippen LogP contribution in [-0.2, 0) is 4.79 Å². The average molecular weight is 276 g/mol. The Morgan fingerprint density at radius 3 is 2.75 bits per heavy atom. The van der Waals surface area contributed by atoms with Gasteiger partial charge in [0.2, 0.25) is 0 Å². The third kappa shape index (κ3) is 3.97. The number of hydrogen-bond acceptors (Lipinski definition) is 3. The summed E-state index contributed by atoms with van der Waals surface area (Å²) < 4.78 is 5.59. The van der Waals surface area contributed by atoms with Crippen molar-refractivity contribution in [1.82, 2.24) is 5.32 Å². The van der Waals surface area contributed by atoms with Crippen molar-refractivity contribution in [3.8, 4) is 5.75 Å². The SMILES string of the molecule is Cc1cc([C@H](C)N)ccc1OCC(=O)NC1CCCC1. The minimum Gasteiger partial charge on any atom is -0.484 e. The molecule has 1 aliphatic carbocycles. The first-order valence-corrected chi connectivity index (χ1v) is 7.34. The Balaban J connectivity index is 1.85. The number of nitrogens with two attached hydrogens (primary N) is 1. The molecular formula is C16H24N2O2. The lowest BCUT2D eigenvalue weighted by molar-refractivity contribution is -0.123. The third-order valence-corrected chi connectivity index (χ3v) is 3.80. The first kappa shape index (κ1) is 14.9. The van der Waals surface area contributed by atoms with E-state index in [1.54, 1.807) is 0 Å². The molecule has 1 fully saturated rings. The maximum absolute atomic E-state index is 11.8. The second-order valence-electron chi connectivity index (χ2n) is 5.65. The zero-order chi connectivity index (χ0) is 14.5. The number of hydrogen-bond donors (Lipinski definition) is 2. The van der Waals surface area contributed by atoms with E-state index in [9.17, 15) is 4.79 Å². The van der Waals surface area contributed by atoms with Crippen molar-refractivity contribution in [3.05, 3.63) is 29.3 Å². The second-order valence-corrected chi connectivity index (χ2v) is 5.65. The molecule has 4 nitrogen and oxygen atoms in total. The van der Waals surface area contributed by atoms with Crippen LogP contribution in [0.1, 0.15) is 49.8 Å². The molecule has 0 saturated heterocycles. The van der Waals surface area contributed by atoms with E-state index in [4.69, 9.17) is 10.5 Å². The highest BCUT2D eigenvalue weighted by atomic mass is 16.5. The molecule has 0 heterocycles. The molecule has 0 spiro atoms. The number of amides is 1. The van der Waals surface area contributed by atoms with Crippen LogP contribution in [0.25, 0.3) is 0 Å². The quantitative estimate of drug-likeness (QED) is 0.868. The summed E-state index contributed by atoms with van der Waals surface area (Å²) in [6, 6.07) is 6.19. The molecule has 0 aliphatic heterocycles. The van der Waals surface area contributed by atoms with Crippen LogP contribution < -0.4 is 15.8 Å². The number of nitrogens with one attached hydrogen (secondary N) is 1. The second kappa shape index (κ2) is 6.75. The maximum atomic E-state index is 11.8. The van der Waals surface area contributed by atoms with Crippen molar-refractivity contribution in [2.75, 3.05) is 6.61 Å². The minimum atomic E-state index is -0.0347. The average Bonchev–Trinajstić information content (AvgIpc) is 2.90. The molecule has 0 aromatic heterocycles. The van der Waals surface area contributed by atoms with Crippen molar-refractivity contribution in [2.24, 2.45) is 5.73 Å². The Labute approximate surface area is 120 Å². The molecule has 2 rings (SSSR count). The van der Waals surface area contributed by atoms with E-state index in [1.165, 1.54) is 12.8 Å². The normalized spacial score (nSPS) is 16.9. The number of ether oxygens (including phenoxy) is 1. The fraction of sp³-hybridized carbons (Fsp3) is 0.562. The van der Waals surface area contributed by atoms with E-state index in [1.807, 2.05) is 32.0 Å². The summed E-state index contributed by atoms with van der Waals surface area (Å²) >= 11 is 0. The van der Waals surface area contributed by atoms with Gasteiger partial charge in [0.15, 0.2) is 6.61 Å². The van der Waals surface area contributed by atoms with Crippen LogP contribution in [0, 0.1) is 6.92 Å². The van der Waals surface area contributed by atoms with Gasteiger partial charge in [-0.15, -0.1) is 0 Å². The van der Waals surface area contributed by atoms with Gasteiger partial charge in [-0.05, 0) is 43.9 Å². The van der Waals surface area contributed by atoms with Crippen LogP contribution in [0.15, 0.2) is 18.2 Å². The predicted octanol–water partition coefficient (Wildman–Crippen LogP) is 2.45. The molecule has 20 heavy (non-hydrogen) atoms. The maximum Gasteiger partial charge on any atom is 0.258 e. The highest BCUT2D eigenvalue weighted by Gasteiger charge is 2.17. The largest absolute Gasteiger partial charge is 0.484 e. The molecule has 1 aliphatic rings. The third-order valence-electron chi connectivity index (χ3n) is 3.80. The van der Waals surface area contributed by atoms with Gasteiger partial charge in [-0.1, -0.05) is 25.0 Å². The van der Waals surface area contributed by atoms with Gasteiger partial charge in [0, 0.05) is 12.1 Å². The topological polar surface area (TPSA) is 64.3 Å². The van der Waals surface area contributed by atoms with E-state index in [0.29, 0.717) is 6.04 Å². The fourth-order valence-electron chi connectivity index (χ4n) is 2.60. The summed E-state index contributed by atoms with van der Waals surface area (Å²) in [5, 5.41) is 3.01. The number of benzene rings is 1. The van der Waals surface area contributed by atoms with Crippen LogP contribution in [0.2, 0.25) is 0 Å². The van der Waals surface area contributed by atoms with Crippen LogP contribution in [-0.4, -0.2) is 18.6 Å². The van der Waals surface area contributed by atoms with Crippen LogP contribution in [0.3, 0.4) is 0 Å². The van der Waals surface area contributed by atoms with E-state index < -0.39 is 0 Å². The monoisotopic (exact) mass is 276 g/mol. The zero-order valence-electron chi connectivity index (χ0n) is 12.3. The molecule has 0 unspecified atom stereocenters. The van der Waals surface area contributed by atoms with Crippen molar-refractivity contribution >= 4 is 5.91 Å². The highest BCUT2D eigenvalue weighted by molar-refractivity contribution is 5.77. The van der Waals surface area contributed by atoms with E-state index in [2.05, 4.69) is 5.32 Å². The lowest BCUT2D eigenvalue weighted by Crippen LogP contribution is -2.36. The van der Waals surface area contributed by atoms with E-state index in [-0.39, 0.29) is 18.6 Å². The van der Waals surface area contributed by atoms with Crippen LogP contribution in [0.5, 0.6) is 5.75 Å². The van der Waals surface area contributed by atoms with Gasteiger partial charge in [0.25, 0.3) is 5.91 Å². The summed E-state index contributed by atoms with van der Waals surface area (Å²) in [6.07, 6.45) is 4.61. The summed E-state index contributed by atoms with van der Waals surface area (Å²) in [5.74, 6) is 0.712. The Morgan fingerprint density at radius 1 is 1.45 bits per heavy atom. The Morgan fingerprint density at radius 2 is 2.15 bits per heavy atom. The molecule has 1 saturated carbocycles. The van der Waals surface area contributed by atoms with Crippen molar-refractivity contribution < 1.29 is 9.53 Å². The van der Waals surface area contributed by atoms with Crippen LogP contribution in [0.4, 0.5) is 0 Å². The van der Waals surface area contributed by atoms with Gasteiger partial charge in [-0.25, -0.2) is 0 Å². The first-order chi connectivity index (χ1) is 9.56. The van der Waals surface area contributed by atoms with Gasteiger partial charge in [0.1, 0.15) is 5.75 Å². The fourth-order valence-corrected chi connectivity index (χ4v) is 2.60. The Hall–Kier alpha value is -1.55. The molecule has 1 amide bonds. The van der Waals surface area contributed by atoms with E-state index in [0.717, 1.165) is 29.7 Å². The molecule has 0 bridgehead atoms. The Bertz CT molecular complexity index is 466. The van der Waals surface area contributed by atoms with Gasteiger partial charge < -0.3 is 15.8 Å². The number of rotatable bonds is 5. The van der Waals surface area contributed by atoms with Gasteiger partial charge >= 0.3 is 0 Å². The predicted molar refractivity (Wildman–Crippen MR) is 79.7 cm³/mol. The highest BCUT2D eigenvalue weighted by Crippen LogP contribution is 2.22. The molecule has 3 N–H and O–H groups in total. The molecule has 4 heteroatoms. The minimum absolute atomic E-state index is 0.00779. The van der Waals surface area contributed by atoms with Crippen molar-refractivity contribution in [1.29, 1.82) is 0 Å².